The monoisotopic (exact) mass is 462 g/mol. The van der Waals surface area contributed by atoms with Crippen LogP contribution in [-0.2, 0) is 44.5 Å². The second-order valence-corrected chi connectivity index (χ2v) is 7.47. The van der Waals surface area contributed by atoms with Crippen LogP contribution >= 0.6 is 0 Å². The molecule has 0 fully saturated rings. The molecular formula is C22H17F3N2O6. The van der Waals surface area contributed by atoms with Gasteiger partial charge in [0.25, 0.3) is 0 Å². The van der Waals surface area contributed by atoms with Gasteiger partial charge in [-0.3, -0.25) is 9.59 Å². The lowest BCUT2D eigenvalue weighted by Gasteiger charge is -2.15. The minimum atomic E-state index is -4.69. The van der Waals surface area contributed by atoms with Crippen LogP contribution in [0.15, 0.2) is 24.3 Å². The maximum Gasteiger partial charge on any atom is 0.418 e. The molecule has 11 heteroatoms. The first kappa shape index (κ1) is 22.3. The number of benzene rings is 2. The summed E-state index contributed by atoms with van der Waals surface area (Å²) < 4.78 is 49.6. The smallest absolute Gasteiger partial charge is 0.418 e. The molecule has 2 aromatic rings. The first-order valence-corrected chi connectivity index (χ1v) is 9.83. The number of anilines is 2. The number of hydrogen-bond acceptors (Lipinski definition) is 6. The average Bonchev–Trinajstić information content (AvgIpc) is 3.33. The molecule has 4 rings (SSSR count). The van der Waals surface area contributed by atoms with E-state index >= 15 is 0 Å². The van der Waals surface area contributed by atoms with Gasteiger partial charge in [-0.1, -0.05) is 6.07 Å². The summed E-state index contributed by atoms with van der Waals surface area (Å²) in [7, 11) is 1.23. The molecule has 0 aromatic heterocycles. The molecule has 172 valence electrons. The van der Waals surface area contributed by atoms with Gasteiger partial charge in [-0.2, -0.15) is 13.2 Å². The Labute approximate surface area is 185 Å². The van der Waals surface area contributed by atoms with E-state index < -0.39 is 35.3 Å². The van der Waals surface area contributed by atoms with Crippen molar-refractivity contribution in [3.63, 3.8) is 0 Å². The highest BCUT2D eigenvalue weighted by molar-refractivity contribution is 6.06. The molecule has 2 heterocycles. The standard InChI is InChI=1S/C22H17F3N2O6/c1-32-20(30)11-3-2-10(18-13(11)8-16(28)26-18)6-7-33-21(31)12-4-5-15(22(23,24)25)19-14(12)9-17(29)27-19/h2-5H,6-9H2,1H3,(H,26,28)(H,27,29). The molecular weight excluding hydrogens is 445 g/mol. The van der Waals surface area contributed by atoms with Crippen LogP contribution < -0.4 is 10.6 Å². The number of esters is 2. The van der Waals surface area contributed by atoms with E-state index in [2.05, 4.69) is 10.6 Å². The number of fused-ring (bicyclic) bond motifs is 2. The largest absolute Gasteiger partial charge is 0.465 e. The molecule has 2 aromatic carbocycles. The third-order valence-electron chi connectivity index (χ3n) is 5.45. The van der Waals surface area contributed by atoms with Gasteiger partial charge in [0.1, 0.15) is 0 Å². The van der Waals surface area contributed by atoms with Gasteiger partial charge < -0.3 is 20.1 Å². The zero-order valence-corrected chi connectivity index (χ0v) is 17.2. The van der Waals surface area contributed by atoms with Crippen LogP contribution in [0.25, 0.3) is 0 Å². The highest BCUT2D eigenvalue weighted by Gasteiger charge is 2.39. The third-order valence-corrected chi connectivity index (χ3v) is 5.45. The van der Waals surface area contributed by atoms with Crippen LogP contribution in [0.4, 0.5) is 24.5 Å². The Kier molecular flexibility index (Phi) is 5.56. The van der Waals surface area contributed by atoms with E-state index in [9.17, 15) is 32.3 Å². The summed E-state index contributed by atoms with van der Waals surface area (Å²) in [6, 6.07) is 4.84. The minimum Gasteiger partial charge on any atom is -0.465 e. The summed E-state index contributed by atoms with van der Waals surface area (Å²) in [6.45, 7) is -0.143. The Hall–Kier alpha value is -3.89. The molecule has 2 amide bonds. The predicted octanol–water partition coefficient (Wildman–Crippen LogP) is 2.88. The predicted molar refractivity (Wildman–Crippen MR) is 108 cm³/mol. The van der Waals surface area contributed by atoms with Crippen LogP contribution in [0, 0.1) is 0 Å². The maximum atomic E-state index is 13.2. The molecule has 2 aliphatic rings. The summed E-state index contributed by atoms with van der Waals surface area (Å²) in [5.74, 6) is -2.40. The van der Waals surface area contributed by atoms with Gasteiger partial charge in [-0.15, -0.1) is 0 Å². The molecule has 0 saturated heterocycles. The van der Waals surface area contributed by atoms with Crippen LogP contribution in [0.2, 0.25) is 0 Å². The summed E-state index contributed by atoms with van der Waals surface area (Å²) in [5.41, 5.74) is 0.156. The first-order chi connectivity index (χ1) is 15.6. The van der Waals surface area contributed by atoms with Gasteiger partial charge in [0, 0.05) is 17.7 Å². The summed E-state index contributed by atoms with van der Waals surface area (Å²) in [4.78, 5) is 48.0. The van der Waals surface area contributed by atoms with Gasteiger partial charge in [-0.25, -0.2) is 9.59 Å². The lowest BCUT2D eigenvalue weighted by atomic mass is 9.99. The van der Waals surface area contributed by atoms with Crippen molar-refractivity contribution in [3.05, 3.63) is 57.6 Å². The molecule has 0 saturated carbocycles. The second-order valence-electron chi connectivity index (χ2n) is 7.47. The van der Waals surface area contributed by atoms with Crippen molar-refractivity contribution < 1.29 is 41.8 Å². The van der Waals surface area contributed by atoms with Gasteiger partial charge >= 0.3 is 18.1 Å². The normalized spacial score (nSPS) is 14.3. The number of methoxy groups -OCH3 is 1. The van der Waals surface area contributed by atoms with E-state index in [1.54, 1.807) is 6.07 Å². The Morgan fingerprint density at radius 2 is 1.48 bits per heavy atom. The number of carbonyl (C=O) groups is 4. The first-order valence-electron chi connectivity index (χ1n) is 9.83. The van der Waals surface area contributed by atoms with Gasteiger partial charge in [0.2, 0.25) is 11.8 Å². The second kappa shape index (κ2) is 8.23. The van der Waals surface area contributed by atoms with Crippen molar-refractivity contribution in [2.45, 2.75) is 25.4 Å². The highest BCUT2D eigenvalue weighted by atomic mass is 19.4. The van der Waals surface area contributed by atoms with Crippen molar-refractivity contribution in [1.29, 1.82) is 0 Å². The quantitative estimate of drug-likeness (QED) is 0.662. The van der Waals surface area contributed by atoms with E-state index in [0.29, 0.717) is 16.8 Å². The van der Waals surface area contributed by atoms with Crippen molar-refractivity contribution in [2.75, 3.05) is 24.4 Å². The Morgan fingerprint density at radius 3 is 2.12 bits per heavy atom. The average molecular weight is 462 g/mol. The highest BCUT2D eigenvalue weighted by Crippen LogP contribution is 2.40. The van der Waals surface area contributed by atoms with Gasteiger partial charge in [-0.05, 0) is 29.3 Å². The number of halogens is 3. The Morgan fingerprint density at radius 1 is 0.909 bits per heavy atom. The fourth-order valence-electron chi connectivity index (χ4n) is 3.97. The van der Waals surface area contributed by atoms with E-state index in [0.717, 1.165) is 12.1 Å². The lowest BCUT2D eigenvalue weighted by Crippen LogP contribution is -2.14. The van der Waals surface area contributed by atoms with Crippen molar-refractivity contribution in [3.8, 4) is 0 Å². The number of hydrogen-bond donors (Lipinski definition) is 2. The minimum absolute atomic E-state index is 0.00607. The van der Waals surface area contributed by atoms with Crippen LogP contribution in [0.1, 0.15) is 43.0 Å². The fourth-order valence-corrected chi connectivity index (χ4v) is 3.97. The van der Waals surface area contributed by atoms with E-state index in [1.165, 1.54) is 13.2 Å². The number of alkyl halides is 3. The number of ether oxygens (including phenoxy) is 2. The molecule has 0 aliphatic carbocycles. The van der Waals surface area contributed by atoms with Crippen LogP contribution in [-0.4, -0.2) is 37.5 Å². The third kappa shape index (κ3) is 4.13. The van der Waals surface area contributed by atoms with Crippen molar-refractivity contribution in [2.24, 2.45) is 0 Å². The zero-order chi connectivity index (χ0) is 23.9. The van der Waals surface area contributed by atoms with E-state index in [4.69, 9.17) is 9.47 Å². The Balaban J connectivity index is 1.51. The topological polar surface area (TPSA) is 111 Å². The Bertz CT molecular complexity index is 1210. The summed E-state index contributed by atoms with van der Waals surface area (Å²) >= 11 is 0. The number of amides is 2. The molecule has 8 nitrogen and oxygen atoms in total. The van der Waals surface area contributed by atoms with E-state index in [1.807, 2.05) is 0 Å². The molecule has 0 atom stereocenters. The number of nitrogens with one attached hydrogen (secondary N) is 2. The van der Waals surface area contributed by atoms with E-state index in [-0.39, 0.29) is 48.5 Å². The molecule has 2 aliphatic heterocycles. The summed E-state index contributed by atoms with van der Waals surface area (Å²) in [5, 5.41) is 4.83. The molecule has 33 heavy (non-hydrogen) atoms. The van der Waals surface area contributed by atoms with Crippen LogP contribution in [0.5, 0.6) is 0 Å². The van der Waals surface area contributed by atoms with Gasteiger partial charge in [0.05, 0.1) is 48.9 Å². The fraction of sp³-hybridized carbons (Fsp3) is 0.273. The number of rotatable bonds is 5. The van der Waals surface area contributed by atoms with Gasteiger partial charge in [0.15, 0.2) is 0 Å². The maximum absolute atomic E-state index is 13.2. The molecule has 0 unspecified atom stereocenters. The zero-order valence-electron chi connectivity index (χ0n) is 17.2. The van der Waals surface area contributed by atoms with Crippen molar-refractivity contribution >= 4 is 35.1 Å². The lowest BCUT2D eigenvalue weighted by molar-refractivity contribution is -0.137. The molecule has 0 bridgehead atoms. The SMILES string of the molecule is COC(=O)c1ccc(CCOC(=O)c2ccc(C(F)(F)F)c3c2CC(=O)N3)c2c1CC(=O)N2. The summed E-state index contributed by atoms with van der Waals surface area (Å²) in [6.07, 6.45) is -4.87. The number of carbonyl (C=O) groups excluding carboxylic acids is 4. The molecule has 2 N–H and O–H groups in total. The molecule has 0 spiro atoms. The van der Waals surface area contributed by atoms with Crippen LogP contribution in [0.3, 0.4) is 0 Å². The molecule has 0 radical (unpaired) electrons. The van der Waals surface area contributed by atoms with Crippen molar-refractivity contribution in [1.82, 2.24) is 0 Å².